The Hall–Kier alpha value is -0.450. The van der Waals surface area contributed by atoms with Gasteiger partial charge in [-0.2, -0.15) is 0 Å². The number of hydrogen-bond donors (Lipinski definition) is 2. The molecule has 0 aromatic heterocycles. The maximum atomic E-state index is 13.6. The molecule has 132 valence electrons. The molecule has 1 aromatic rings. The first-order valence-corrected chi connectivity index (χ1v) is 10.6. The van der Waals surface area contributed by atoms with Crippen LogP contribution in [0.15, 0.2) is 22.7 Å². The quantitative estimate of drug-likeness (QED) is 0.772. The minimum atomic E-state index is -0.150. The zero-order valence-corrected chi connectivity index (χ0v) is 16.1. The van der Waals surface area contributed by atoms with Gasteiger partial charge in [0.1, 0.15) is 37.5 Å². The van der Waals surface area contributed by atoms with Gasteiger partial charge in [0.25, 0.3) is 0 Å². The fraction of sp³-hybridized carbons (Fsp3) is 0.700. The molecule has 2 unspecified atom stereocenters. The van der Waals surface area contributed by atoms with Crippen molar-refractivity contribution in [2.45, 2.75) is 63.6 Å². The molecule has 2 nitrogen and oxygen atoms in total. The van der Waals surface area contributed by atoms with E-state index in [0.717, 1.165) is 24.5 Å². The molecule has 4 atom stereocenters. The van der Waals surface area contributed by atoms with Gasteiger partial charge in [-0.05, 0) is 40.9 Å². The molecule has 1 aromatic carbocycles. The summed E-state index contributed by atoms with van der Waals surface area (Å²) in [6, 6.07) is 7.29. The molecular weight excluding hydrogens is 367 g/mol. The van der Waals surface area contributed by atoms with Crippen LogP contribution in [0.3, 0.4) is 0 Å². The van der Waals surface area contributed by atoms with Gasteiger partial charge >= 0.3 is 0 Å². The van der Waals surface area contributed by atoms with Crippen molar-refractivity contribution in [3.8, 4) is 0 Å². The lowest BCUT2D eigenvalue weighted by molar-refractivity contribution is -1.05. The van der Waals surface area contributed by atoms with Crippen LogP contribution < -0.4 is 9.80 Å². The molecule has 2 heterocycles. The SMILES string of the molecule is Fc1ccc(C[NH+]2CC[NH+]3CCC[C@@H]3[C@@H]2C2CCCCC2)cc1Br. The molecule has 0 amide bonds. The Morgan fingerprint density at radius 1 is 1.00 bits per heavy atom. The van der Waals surface area contributed by atoms with Crippen molar-refractivity contribution >= 4 is 15.9 Å². The number of quaternary nitrogens is 2. The summed E-state index contributed by atoms with van der Waals surface area (Å²) in [6.45, 7) is 5.06. The van der Waals surface area contributed by atoms with Crippen LogP contribution in [0.2, 0.25) is 0 Å². The molecule has 2 N–H and O–H groups in total. The standard InChI is InChI=1S/C20H28BrFN2/c21-17-13-15(8-9-18(17)22)14-24-12-11-23-10-4-7-19(23)20(24)16-5-2-1-3-6-16/h8-9,13,16,19-20H,1-7,10-12,14H2/p+2/t19-,20+/m1/s1. The minimum Gasteiger partial charge on any atom is -0.323 e. The number of fused-ring (bicyclic) bond motifs is 1. The summed E-state index contributed by atoms with van der Waals surface area (Å²) in [5.74, 6) is 0.763. The second kappa shape index (κ2) is 7.43. The summed E-state index contributed by atoms with van der Waals surface area (Å²) < 4.78 is 14.2. The highest BCUT2D eigenvalue weighted by Gasteiger charge is 2.49. The molecule has 3 aliphatic rings. The molecule has 4 heteroatoms. The summed E-state index contributed by atoms with van der Waals surface area (Å²) in [6.07, 6.45) is 10.0. The van der Waals surface area contributed by atoms with Crippen LogP contribution >= 0.6 is 15.9 Å². The van der Waals surface area contributed by atoms with Gasteiger partial charge in [0.15, 0.2) is 0 Å². The first-order valence-electron chi connectivity index (χ1n) is 9.85. The maximum Gasteiger partial charge on any atom is 0.143 e. The molecule has 2 aliphatic heterocycles. The summed E-state index contributed by atoms with van der Waals surface area (Å²) in [5, 5.41) is 0. The van der Waals surface area contributed by atoms with Crippen LogP contribution in [-0.2, 0) is 6.54 Å². The molecule has 1 aliphatic carbocycles. The highest BCUT2D eigenvalue weighted by atomic mass is 79.9. The summed E-state index contributed by atoms with van der Waals surface area (Å²) >= 11 is 3.36. The van der Waals surface area contributed by atoms with Crippen LogP contribution in [0.25, 0.3) is 0 Å². The highest BCUT2D eigenvalue weighted by Crippen LogP contribution is 2.28. The Bertz CT molecular complexity index is 573. The third-order valence-corrected chi connectivity index (χ3v) is 7.39. The predicted molar refractivity (Wildman–Crippen MR) is 97.7 cm³/mol. The summed E-state index contributed by atoms with van der Waals surface area (Å²) in [4.78, 5) is 3.66. The van der Waals surface area contributed by atoms with E-state index in [2.05, 4.69) is 15.9 Å². The molecule has 0 spiro atoms. The number of benzene rings is 1. The van der Waals surface area contributed by atoms with Crippen LogP contribution in [0, 0.1) is 11.7 Å². The average molecular weight is 397 g/mol. The number of rotatable bonds is 3. The number of halogens is 2. The van der Waals surface area contributed by atoms with E-state index in [1.807, 2.05) is 17.0 Å². The van der Waals surface area contributed by atoms with Crippen molar-refractivity contribution in [3.63, 3.8) is 0 Å². The van der Waals surface area contributed by atoms with Gasteiger partial charge in [-0.3, -0.25) is 0 Å². The van der Waals surface area contributed by atoms with E-state index >= 15 is 0 Å². The number of nitrogens with one attached hydrogen (secondary N) is 2. The fourth-order valence-corrected chi connectivity index (χ4v) is 6.15. The van der Waals surface area contributed by atoms with Crippen LogP contribution in [-0.4, -0.2) is 31.7 Å². The Morgan fingerprint density at radius 3 is 2.62 bits per heavy atom. The smallest absolute Gasteiger partial charge is 0.143 e. The van der Waals surface area contributed by atoms with Gasteiger partial charge < -0.3 is 9.80 Å². The summed E-state index contributed by atoms with van der Waals surface area (Å²) in [5.41, 5.74) is 1.28. The second-order valence-electron chi connectivity index (χ2n) is 8.16. The van der Waals surface area contributed by atoms with E-state index < -0.39 is 0 Å². The lowest BCUT2D eigenvalue weighted by atomic mass is 9.78. The maximum absolute atomic E-state index is 13.6. The normalized spacial score (nSPS) is 34.2. The van der Waals surface area contributed by atoms with E-state index in [4.69, 9.17) is 0 Å². The monoisotopic (exact) mass is 396 g/mol. The van der Waals surface area contributed by atoms with Crippen molar-refractivity contribution < 1.29 is 14.2 Å². The third-order valence-electron chi connectivity index (χ3n) is 6.78. The van der Waals surface area contributed by atoms with Crippen LogP contribution in [0.4, 0.5) is 4.39 Å². The van der Waals surface area contributed by atoms with Crippen molar-refractivity contribution in [2.75, 3.05) is 19.6 Å². The van der Waals surface area contributed by atoms with E-state index in [-0.39, 0.29) is 5.82 Å². The molecule has 0 bridgehead atoms. The topological polar surface area (TPSA) is 8.88 Å². The van der Waals surface area contributed by atoms with Gasteiger partial charge in [-0.1, -0.05) is 25.3 Å². The van der Waals surface area contributed by atoms with E-state index in [9.17, 15) is 4.39 Å². The zero-order valence-electron chi connectivity index (χ0n) is 14.5. The van der Waals surface area contributed by atoms with E-state index in [0.29, 0.717) is 4.47 Å². The number of piperazine rings is 1. The Balaban J connectivity index is 1.55. The molecular formula is C20H30BrFN2+2. The van der Waals surface area contributed by atoms with Crippen molar-refractivity contribution in [1.82, 2.24) is 0 Å². The average Bonchev–Trinajstić information content (AvgIpc) is 3.07. The third kappa shape index (κ3) is 3.42. The zero-order chi connectivity index (χ0) is 16.5. The van der Waals surface area contributed by atoms with Gasteiger partial charge in [0.2, 0.25) is 0 Å². The Labute approximate surface area is 153 Å². The molecule has 4 rings (SSSR count). The van der Waals surface area contributed by atoms with Gasteiger partial charge in [-0.25, -0.2) is 4.39 Å². The highest BCUT2D eigenvalue weighted by molar-refractivity contribution is 9.10. The second-order valence-corrected chi connectivity index (χ2v) is 9.02. The van der Waals surface area contributed by atoms with Gasteiger partial charge in [0, 0.05) is 24.3 Å². The Morgan fingerprint density at radius 2 is 1.83 bits per heavy atom. The largest absolute Gasteiger partial charge is 0.323 e. The van der Waals surface area contributed by atoms with Crippen molar-refractivity contribution in [3.05, 3.63) is 34.1 Å². The molecule has 24 heavy (non-hydrogen) atoms. The molecule has 3 fully saturated rings. The van der Waals surface area contributed by atoms with Gasteiger partial charge in [-0.15, -0.1) is 0 Å². The first-order chi connectivity index (χ1) is 11.7. The van der Waals surface area contributed by atoms with E-state index in [1.54, 1.807) is 11.0 Å². The first kappa shape index (κ1) is 17.0. The fourth-order valence-electron chi connectivity index (χ4n) is 5.73. The van der Waals surface area contributed by atoms with Crippen molar-refractivity contribution in [2.24, 2.45) is 5.92 Å². The van der Waals surface area contributed by atoms with Crippen molar-refractivity contribution in [1.29, 1.82) is 0 Å². The molecule has 2 saturated heterocycles. The Kier molecular flexibility index (Phi) is 5.26. The number of hydrogen-bond acceptors (Lipinski definition) is 0. The minimum absolute atomic E-state index is 0.150. The predicted octanol–water partition coefficient (Wildman–Crippen LogP) is 1.98. The lowest BCUT2D eigenvalue weighted by Crippen LogP contribution is -3.32. The molecule has 0 radical (unpaired) electrons. The molecule has 1 saturated carbocycles. The summed E-state index contributed by atoms with van der Waals surface area (Å²) in [7, 11) is 0. The van der Waals surface area contributed by atoms with Crippen LogP contribution in [0.5, 0.6) is 0 Å². The van der Waals surface area contributed by atoms with Gasteiger partial charge in [0.05, 0.1) is 11.0 Å². The van der Waals surface area contributed by atoms with Crippen LogP contribution in [0.1, 0.15) is 50.5 Å². The lowest BCUT2D eigenvalue weighted by Gasteiger charge is -2.44. The van der Waals surface area contributed by atoms with E-state index in [1.165, 1.54) is 70.1 Å².